The zero-order chi connectivity index (χ0) is 22.3. The molecule has 170 valence electrons. The van der Waals surface area contributed by atoms with E-state index < -0.39 is 0 Å². The predicted molar refractivity (Wildman–Crippen MR) is 125 cm³/mol. The van der Waals surface area contributed by atoms with Crippen molar-refractivity contribution in [3.05, 3.63) is 48.2 Å². The number of nitrogens with one attached hydrogen (secondary N) is 1. The van der Waals surface area contributed by atoms with Gasteiger partial charge in [0.1, 0.15) is 5.82 Å². The summed E-state index contributed by atoms with van der Waals surface area (Å²) in [6.07, 6.45) is 5.13. The van der Waals surface area contributed by atoms with Crippen molar-refractivity contribution in [3.63, 3.8) is 0 Å². The molecule has 2 amide bonds. The zero-order valence-electron chi connectivity index (χ0n) is 18.6. The van der Waals surface area contributed by atoms with Crippen molar-refractivity contribution >= 4 is 29.0 Å². The third-order valence-corrected chi connectivity index (χ3v) is 5.93. The van der Waals surface area contributed by atoms with E-state index in [0.717, 1.165) is 57.9 Å². The molecule has 3 heterocycles. The van der Waals surface area contributed by atoms with Crippen LogP contribution in [0, 0.1) is 0 Å². The number of carbonyl (C=O) groups excluding carboxylic acids is 2. The third-order valence-electron chi connectivity index (χ3n) is 5.93. The highest BCUT2D eigenvalue weighted by Crippen LogP contribution is 2.23. The van der Waals surface area contributed by atoms with Gasteiger partial charge in [0, 0.05) is 50.8 Å². The molecule has 2 fully saturated rings. The molecule has 0 unspecified atom stereocenters. The summed E-state index contributed by atoms with van der Waals surface area (Å²) < 4.78 is 5.39. The van der Waals surface area contributed by atoms with Crippen molar-refractivity contribution in [2.75, 3.05) is 68.1 Å². The molecule has 0 aliphatic carbocycles. The Labute approximate surface area is 189 Å². The molecule has 2 aliphatic rings. The van der Waals surface area contributed by atoms with Crippen molar-refractivity contribution in [2.24, 2.45) is 0 Å². The first-order chi connectivity index (χ1) is 15.6. The lowest BCUT2D eigenvalue weighted by Gasteiger charge is -2.29. The number of hydrogen-bond acceptors (Lipinski definition) is 6. The summed E-state index contributed by atoms with van der Waals surface area (Å²) in [7, 11) is 1.65. The van der Waals surface area contributed by atoms with Crippen molar-refractivity contribution in [2.45, 2.75) is 19.3 Å². The monoisotopic (exact) mass is 437 g/mol. The number of hydrogen-bond donors (Lipinski definition) is 1. The maximum Gasteiger partial charge on any atom is 0.257 e. The molecular formula is C24H31N5O3. The molecule has 8 nitrogen and oxygen atoms in total. The maximum absolute atomic E-state index is 13.1. The van der Waals surface area contributed by atoms with Gasteiger partial charge in [-0.25, -0.2) is 4.98 Å². The Morgan fingerprint density at radius 1 is 1.00 bits per heavy atom. The summed E-state index contributed by atoms with van der Waals surface area (Å²) in [5.41, 5.74) is 2.36. The van der Waals surface area contributed by atoms with Crippen LogP contribution < -0.4 is 15.1 Å². The van der Waals surface area contributed by atoms with Gasteiger partial charge in [-0.1, -0.05) is 0 Å². The van der Waals surface area contributed by atoms with Crippen LogP contribution in [0.25, 0.3) is 0 Å². The van der Waals surface area contributed by atoms with Crippen LogP contribution >= 0.6 is 0 Å². The first kappa shape index (κ1) is 22.1. The van der Waals surface area contributed by atoms with Crippen molar-refractivity contribution < 1.29 is 14.3 Å². The van der Waals surface area contributed by atoms with Gasteiger partial charge in [-0.15, -0.1) is 0 Å². The lowest BCUT2D eigenvalue weighted by atomic mass is 10.1. The van der Waals surface area contributed by atoms with Crippen LogP contribution in [0.4, 0.5) is 17.2 Å². The molecule has 4 rings (SSSR count). The third kappa shape index (κ3) is 5.37. The fraction of sp³-hybridized carbons (Fsp3) is 0.458. The number of benzene rings is 1. The second kappa shape index (κ2) is 10.5. The molecule has 1 aromatic heterocycles. The van der Waals surface area contributed by atoms with Gasteiger partial charge in [-0.05, 0) is 55.7 Å². The van der Waals surface area contributed by atoms with Crippen LogP contribution in [0.2, 0.25) is 0 Å². The number of piperidine rings is 1. The number of morpholine rings is 1. The van der Waals surface area contributed by atoms with Gasteiger partial charge < -0.3 is 24.8 Å². The molecule has 2 aliphatic heterocycles. The molecule has 2 saturated heterocycles. The van der Waals surface area contributed by atoms with Crippen LogP contribution in [0.5, 0.6) is 0 Å². The van der Waals surface area contributed by atoms with Crippen LogP contribution in [0.1, 0.15) is 29.6 Å². The summed E-state index contributed by atoms with van der Waals surface area (Å²) in [6, 6.07) is 11.3. The van der Waals surface area contributed by atoms with Crippen molar-refractivity contribution in [3.8, 4) is 0 Å². The lowest BCUT2D eigenvalue weighted by molar-refractivity contribution is -0.116. The fourth-order valence-electron chi connectivity index (χ4n) is 4.19. The van der Waals surface area contributed by atoms with E-state index in [4.69, 9.17) is 4.74 Å². The van der Waals surface area contributed by atoms with Crippen LogP contribution in [0.3, 0.4) is 0 Å². The molecular weight excluding hydrogens is 406 g/mol. The maximum atomic E-state index is 13.1. The topological polar surface area (TPSA) is 78.0 Å². The molecule has 1 N–H and O–H groups in total. The predicted octanol–water partition coefficient (Wildman–Crippen LogP) is 2.62. The van der Waals surface area contributed by atoms with E-state index in [2.05, 4.69) is 20.1 Å². The summed E-state index contributed by atoms with van der Waals surface area (Å²) in [5.74, 6) is 0.281. The Kier molecular flexibility index (Phi) is 7.21. The van der Waals surface area contributed by atoms with Gasteiger partial charge in [-0.2, -0.15) is 0 Å². The molecule has 0 bridgehead atoms. The highest BCUT2D eigenvalue weighted by Gasteiger charge is 2.23. The standard InChI is InChI=1S/C24H31N5O3/c1-27(24(31)21-6-5-11-25-23(21)29-12-3-2-4-13-29)18-22(30)26-19-7-9-20(10-8-19)28-14-16-32-17-15-28/h5-11H,2-4,12-18H2,1H3,(H,26,30). The lowest BCUT2D eigenvalue weighted by Crippen LogP contribution is -2.37. The fourth-order valence-corrected chi connectivity index (χ4v) is 4.19. The van der Waals surface area contributed by atoms with Gasteiger partial charge in [0.2, 0.25) is 5.91 Å². The van der Waals surface area contributed by atoms with E-state index >= 15 is 0 Å². The van der Waals surface area contributed by atoms with Gasteiger partial charge in [-0.3, -0.25) is 9.59 Å². The molecule has 32 heavy (non-hydrogen) atoms. The van der Waals surface area contributed by atoms with E-state index in [1.165, 1.54) is 11.3 Å². The van der Waals surface area contributed by atoms with E-state index in [-0.39, 0.29) is 18.4 Å². The van der Waals surface area contributed by atoms with E-state index in [9.17, 15) is 9.59 Å². The average Bonchev–Trinajstić information content (AvgIpc) is 2.85. The van der Waals surface area contributed by atoms with Crippen LogP contribution in [-0.2, 0) is 9.53 Å². The molecule has 1 aromatic carbocycles. The Morgan fingerprint density at radius 3 is 2.44 bits per heavy atom. The quantitative estimate of drug-likeness (QED) is 0.749. The molecule has 0 saturated carbocycles. The molecule has 0 atom stereocenters. The van der Waals surface area contributed by atoms with Gasteiger partial charge in [0.25, 0.3) is 5.91 Å². The minimum Gasteiger partial charge on any atom is -0.378 e. The normalized spacial score (nSPS) is 16.5. The molecule has 2 aromatic rings. The molecule has 0 spiro atoms. The van der Waals surface area contributed by atoms with E-state index in [1.807, 2.05) is 24.3 Å². The highest BCUT2D eigenvalue weighted by atomic mass is 16.5. The number of nitrogens with zero attached hydrogens (tertiary/aromatic N) is 4. The largest absolute Gasteiger partial charge is 0.378 e. The average molecular weight is 438 g/mol. The first-order valence-electron chi connectivity index (χ1n) is 11.3. The minimum atomic E-state index is -0.233. The Balaban J connectivity index is 1.35. The molecule has 8 heteroatoms. The number of pyridine rings is 1. The molecule has 0 radical (unpaired) electrons. The SMILES string of the molecule is CN(CC(=O)Nc1ccc(N2CCOCC2)cc1)C(=O)c1cccnc1N1CCCCC1. The minimum absolute atomic E-state index is 0.0294. The second-order valence-electron chi connectivity index (χ2n) is 8.28. The summed E-state index contributed by atoms with van der Waals surface area (Å²) in [6.45, 7) is 4.98. The number of carbonyl (C=O) groups is 2. The second-order valence-corrected chi connectivity index (χ2v) is 8.28. The number of anilines is 3. The summed E-state index contributed by atoms with van der Waals surface area (Å²) in [5, 5.41) is 2.89. The Hall–Kier alpha value is -3.13. The number of rotatable bonds is 6. The van der Waals surface area contributed by atoms with Crippen molar-refractivity contribution in [1.82, 2.24) is 9.88 Å². The van der Waals surface area contributed by atoms with Crippen LogP contribution in [0.15, 0.2) is 42.6 Å². The smallest absolute Gasteiger partial charge is 0.257 e. The number of aromatic nitrogens is 1. The van der Waals surface area contributed by atoms with E-state index in [0.29, 0.717) is 17.1 Å². The Morgan fingerprint density at radius 2 is 1.72 bits per heavy atom. The number of ether oxygens (including phenoxy) is 1. The Bertz CT molecular complexity index is 921. The number of amides is 2. The van der Waals surface area contributed by atoms with Gasteiger partial charge >= 0.3 is 0 Å². The summed E-state index contributed by atoms with van der Waals surface area (Å²) in [4.78, 5) is 36.0. The van der Waals surface area contributed by atoms with E-state index in [1.54, 1.807) is 25.4 Å². The first-order valence-corrected chi connectivity index (χ1v) is 11.3. The van der Waals surface area contributed by atoms with Gasteiger partial charge in [0.15, 0.2) is 0 Å². The summed E-state index contributed by atoms with van der Waals surface area (Å²) >= 11 is 0. The van der Waals surface area contributed by atoms with Gasteiger partial charge in [0.05, 0.1) is 25.3 Å². The van der Waals surface area contributed by atoms with Crippen molar-refractivity contribution in [1.29, 1.82) is 0 Å². The van der Waals surface area contributed by atoms with Crippen LogP contribution in [-0.4, -0.2) is 74.7 Å². The highest BCUT2D eigenvalue weighted by molar-refractivity contribution is 6.02. The number of likely N-dealkylation sites (N-methyl/N-ethyl adjacent to an activating group) is 1. The zero-order valence-corrected chi connectivity index (χ0v) is 18.6.